The molecular weight excluding hydrogens is 282 g/mol. The van der Waals surface area contributed by atoms with Crippen LogP contribution in [0.1, 0.15) is 10.4 Å². The molecule has 0 amide bonds. The van der Waals surface area contributed by atoms with E-state index < -0.39 is 41.2 Å². The monoisotopic (exact) mass is 287 g/mol. The summed E-state index contributed by atoms with van der Waals surface area (Å²) in [4.78, 5) is 14.3. The van der Waals surface area contributed by atoms with E-state index in [9.17, 15) is 22.4 Å². The van der Waals surface area contributed by atoms with Crippen LogP contribution in [0.2, 0.25) is 5.15 Å². The molecule has 1 heterocycles. The first-order valence-corrected chi connectivity index (χ1v) is 4.76. The maximum atomic E-state index is 13.3. The van der Waals surface area contributed by atoms with Gasteiger partial charge in [-0.25, -0.2) is 9.18 Å². The molecule has 0 aliphatic carbocycles. The van der Waals surface area contributed by atoms with Gasteiger partial charge in [0, 0.05) is 0 Å². The number of esters is 1. The standard InChI is InChI=1S/C9H6ClF4NO3/c1-17-8(16)4-2-5(11)7(15-6(4)10)18-3-9(12,13)14/h2H,3H2,1H3. The van der Waals surface area contributed by atoms with Crippen LogP contribution in [0, 0.1) is 5.82 Å². The molecule has 1 aromatic heterocycles. The van der Waals surface area contributed by atoms with Gasteiger partial charge in [0.25, 0.3) is 5.88 Å². The number of aromatic nitrogens is 1. The molecule has 0 saturated carbocycles. The highest BCUT2D eigenvalue weighted by molar-refractivity contribution is 6.32. The van der Waals surface area contributed by atoms with Gasteiger partial charge in [-0.3, -0.25) is 0 Å². The summed E-state index contributed by atoms with van der Waals surface area (Å²) < 4.78 is 57.2. The van der Waals surface area contributed by atoms with Crippen LogP contribution < -0.4 is 4.74 Å². The number of alkyl halides is 3. The number of methoxy groups -OCH3 is 1. The number of nitrogens with zero attached hydrogens (tertiary/aromatic N) is 1. The van der Waals surface area contributed by atoms with Gasteiger partial charge in [0.1, 0.15) is 10.7 Å². The summed E-state index contributed by atoms with van der Waals surface area (Å²) >= 11 is 5.49. The molecule has 1 aromatic rings. The molecule has 0 radical (unpaired) electrons. The highest BCUT2D eigenvalue weighted by Crippen LogP contribution is 2.24. The number of rotatable bonds is 3. The highest BCUT2D eigenvalue weighted by atomic mass is 35.5. The number of hydrogen-bond acceptors (Lipinski definition) is 4. The molecule has 0 bridgehead atoms. The number of halogens is 5. The molecule has 18 heavy (non-hydrogen) atoms. The van der Waals surface area contributed by atoms with E-state index >= 15 is 0 Å². The molecule has 0 atom stereocenters. The van der Waals surface area contributed by atoms with E-state index in [2.05, 4.69) is 14.5 Å². The van der Waals surface area contributed by atoms with Crippen LogP contribution in [-0.2, 0) is 4.74 Å². The maximum Gasteiger partial charge on any atom is 0.422 e. The molecular formula is C9H6ClF4NO3. The molecule has 0 saturated heterocycles. The van der Waals surface area contributed by atoms with Crippen molar-refractivity contribution in [2.24, 2.45) is 0 Å². The third-order valence-corrected chi connectivity index (χ3v) is 1.96. The molecule has 0 spiro atoms. The summed E-state index contributed by atoms with van der Waals surface area (Å²) in [5.74, 6) is -3.15. The van der Waals surface area contributed by atoms with Crippen LogP contribution in [0.4, 0.5) is 17.6 Å². The predicted molar refractivity (Wildman–Crippen MR) is 52.1 cm³/mol. The fraction of sp³-hybridized carbons (Fsp3) is 0.333. The Balaban J connectivity index is 2.97. The van der Waals surface area contributed by atoms with Crippen LogP contribution in [0.5, 0.6) is 5.88 Å². The molecule has 4 nitrogen and oxygen atoms in total. The second kappa shape index (κ2) is 5.38. The average molecular weight is 288 g/mol. The van der Waals surface area contributed by atoms with E-state index in [0.717, 1.165) is 7.11 Å². The molecule has 0 fully saturated rings. The summed E-state index contributed by atoms with van der Waals surface area (Å²) in [6.07, 6.45) is -4.64. The third kappa shape index (κ3) is 3.73. The van der Waals surface area contributed by atoms with Crippen LogP contribution in [0.25, 0.3) is 0 Å². The second-order valence-electron chi connectivity index (χ2n) is 3.01. The lowest BCUT2D eigenvalue weighted by Crippen LogP contribution is -2.20. The molecule has 0 N–H and O–H groups in total. The lowest BCUT2D eigenvalue weighted by atomic mass is 10.3. The van der Waals surface area contributed by atoms with Crippen LogP contribution in [0.15, 0.2) is 6.07 Å². The largest absolute Gasteiger partial charge is 0.466 e. The number of ether oxygens (including phenoxy) is 2. The van der Waals surface area contributed by atoms with Crippen LogP contribution in [0.3, 0.4) is 0 Å². The Bertz CT molecular complexity index is 464. The van der Waals surface area contributed by atoms with Crippen molar-refractivity contribution in [2.75, 3.05) is 13.7 Å². The first-order valence-electron chi connectivity index (χ1n) is 4.38. The maximum absolute atomic E-state index is 13.3. The first kappa shape index (κ1) is 14.5. The van der Waals surface area contributed by atoms with Crippen molar-refractivity contribution in [2.45, 2.75) is 6.18 Å². The molecule has 1 rings (SSSR count). The number of carbonyl (C=O) groups excluding carboxylic acids is 1. The first-order chi connectivity index (χ1) is 8.24. The molecule has 0 aliphatic rings. The zero-order chi connectivity index (χ0) is 13.9. The average Bonchev–Trinajstić information content (AvgIpc) is 2.27. The van der Waals surface area contributed by atoms with Crippen molar-refractivity contribution in [1.29, 1.82) is 0 Å². The SMILES string of the molecule is COC(=O)c1cc(F)c(OCC(F)(F)F)nc1Cl. The Labute approximate surface area is 103 Å². The van der Waals surface area contributed by atoms with E-state index in [0.29, 0.717) is 6.07 Å². The number of pyridine rings is 1. The normalized spacial score (nSPS) is 11.2. The van der Waals surface area contributed by atoms with Crippen LogP contribution in [-0.4, -0.2) is 30.8 Å². The van der Waals surface area contributed by atoms with E-state index in [1.807, 2.05) is 0 Å². The van der Waals surface area contributed by atoms with E-state index in [4.69, 9.17) is 11.6 Å². The topological polar surface area (TPSA) is 48.4 Å². The molecule has 0 aromatic carbocycles. The van der Waals surface area contributed by atoms with Crippen molar-refractivity contribution in [3.63, 3.8) is 0 Å². The lowest BCUT2D eigenvalue weighted by Gasteiger charge is -2.10. The van der Waals surface area contributed by atoms with Crippen molar-refractivity contribution in [3.05, 3.63) is 22.6 Å². The Kier molecular flexibility index (Phi) is 4.33. The summed E-state index contributed by atoms with van der Waals surface area (Å²) in [6, 6.07) is 0.590. The minimum absolute atomic E-state index is 0.406. The van der Waals surface area contributed by atoms with E-state index in [-0.39, 0.29) is 0 Å². The molecule has 100 valence electrons. The molecule has 0 unspecified atom stereocenters. The molecule has 0 aliphatic heterocycles. The van der Waals surface area contributed by atoms with Crippen molar-refractivity contribution >= 4 is 17.6 Å². The smallest absolute Gasteiger partial charge is 0.422 e. The summed E-state index contributed by atoms with van der Waals surface area (Å²) in [6.45, 7) is -1.72. The second-order valence-corrected chi connectivity index (χ2v) is 3.37. The third-order valence-electron chi connectivity index (χ3n) is 1.68. The van der Waals surface area contributed by atoms with Crippen molar-refractivity contribution < 1.29 is 31.8 Å². The Morgan fingerprint density at radius 2 is 2.11 bits per heavy atom. The minimum Gasteiger partial charge on any atom is -0.466 e. The van der Waals surface area contributed by atoms with E-state index in [1.165, 1.54) is 0 Å². The fourth-order valence-electron chi connectivity index (χ4n) is 0.955. The van der Waals surface area contributed by atoms with Gasteiger partial charge in [0.05, 0.1) is 7.11 Å². The zero-order valence-electron chi connectivity index (χ0n) is 8.85. The number of hydrogen-bond donors (Lipinski definition) is 0. The van der Waals surface area contributed by atoms with Crippen LogP contribution >= 0.6 is 11.6 Å². The van der Waals surface area contributed by atoms with Crippen molar-refractivity contribution in [1.82, 2.24) is 4.98 Å². The van der Waals surface area contributed by atoms with Gasteiger partial charge >= 0.3 is 12.1 Å². The summed E-state index contributed by atoms with van der Waals surface area (Å²) in [7, 11) is 1.03. The quantitative estimate of drug-likeness (QED) is 0.487. The zero-order valence-corrected chi connectivity index (χ0v) is 9.60. The minimum atomic E-state index is -4.64. The number of carbonyl (C=O) groups is 1. The van der Waals surface area contributed by atoms with Gasteiger partial charge < -0.3 is 9.47 Å². The summed E-state index contributed by atoms with van der Waals surface area (Å²) in [5, 5.41) is -0.513. The predicted octanol–water partition coefficient (Wildman–Crippen LogP) is 2.60. The lowest BCUT2D eigenvalue weighted by molar-refractivity contribution is -0.154. The van der Waals surface area contributed by atoms with Gasteiger partial charge in [0.2, 0.25) is 0 Å². The molecule has 9 heteroatoms. The Morgan fingerprint density at radius 3 is 2.61 bits per heavy atom. The van der Waals surface area contributed by atoms with Gasteiger partial charge in [-0.05, 0) is 6.07 Å². The van der Waals surface area contributed by atoms with E-state index in [1.54, 1.807) is 0 Å². The summed E-state index contributed by atoms with van der Waals surface area (Å²) in [5.41, 5.74) is -0.406. The highest BCUT2D eigenvalue weighted by Gasteiger charge is 2.29. The van der Waals surface area contributed by atoms with Gasteiger partial charge in [-0.15, -0.1) is 0 Å². The van der Waals surface area contributed by atoms with Crippen molar-refractivity contribution in [3.8, 4) is 5.88 Å². The fourth-order valence-corrected chi connectivity index (χ4v) is 1.16. The Hall–Kier alpha value is -1.57. The van der Waals surface area contributed by atoms with Gasteiger partial charge in [0.15, 0.2) is 12.4 Å². The van der Waals surface area contributed by atoms with Gasteiger partial charge in [-0.2, -0.15) is 18.2 Å². The Morgan fingerprint density at radius 1 is 1.50 bits per heavy atom. The van der Waals surface area contributed by atoms with Gasteiger partial charge in [-0.1, -0.05) is 11.6 Å².